The number of carbonyl (C=O) groups is 4. The van der Waals surface area contributed by atoms with Crippen LogP contribution >= 0.6 is 0 Å². The third-order valence-corrected chi connectivity index (χ3v) is 10.2. The molecular weight excluding hydrogens is 817 g/mol. The molecule has 11 nitrogen and oxygen atoms in total. The summed E-state index contributed by atoms with van der Waals surface area (Å²) >= 11 is 0. The van der Waals surface area contributed by atoms with Crippen molar-refractivity contribution in [2.75, 3.05) is 22.1 Å². The van der Waals surface area contributed by atoms with Crippen molar-refractivity contribution in [2.45, 2.75) is 12.8 Å². The molecule has 8 aromatic rings. The number of hydrogen-bond donors (Lipinski definition) is 4. The van der Waals surface area contributed by atoms with E-state index in [1.165, 1.54) is 0 Å². The van der Waals surface area contributed by atoms with E-state index in [-0.39, 0.29) is 36.2 Å². The Bertz CT molecular complexity index is 2710. The highest BCUT2D eigenvalue weighted by molar-refractivity contribution is 6.06. The van der Waals surface area contributed by atoms with Crippen LogP contribution in [0.4, 0.5) is 22.7 Å². The number of ether oxygens (including phenoxy) is 3. The van der Waals surface area contributed by atoms with Gasteiger partial charge in [-0.25, -0.2) is 0 Å². The average molecular weight is 859 g/mol. The molecule has 0 aliphatic heterocycles. The first-order valence-electron chi connectivity index (χ1n) is 20.6. The lowest BCUT2D eigenvalue weighted by atomic mass is 10.0. The second kappa shape index (κ2) is 19.8. The van der Waals surface area contributed by atoms with Crippen LogP contribution in [0.3, 0.4) is 0 Å². The summed E-state index contributed by atoms with van der Waals surface area (Å²) < 4.78 is 17.6. The molecule has 6 N–H and O–H groups in total. The number of carbonyl (C=O) groups excluding carboxylic acids is 4. The Kier molecular flexibility index (Phi) is 13.0. The van der Waals surface area contributed by atoms with Crippen LogP contribution in [0.15, 0.2) is 194 Å². The molecule has 65 heavy (non-hydrogen) atoms. The number of rotatable bonds is 16. The highest BCUT2D eigenvalue weighted by Crippen LogP contribution is 2.27. The zero-order valence-electron chi connectivity index (χ0n) is 34.9. The highest BCUT2D eigenvalue weighted by Gasteiger charge is 2.13. The van der Waals surface area contributed by atoms with Gasteiger partial charge in [-0.3, -0.25) is 19.2 Å². The normalized spacial score (nSPS) is 10.6. The summed E-state index contributed by atoms with van der Waals surface area (Å²) in [4.78, 5) is 52.0. The molecule has 0 aliphatic carbocycles. The molecule has 0 heterocycles. The van der Waals surface area contributed by atoms with Gasteiger partial charge < -0.3 is 36.3 Å². The number of Topliss-reactive ketones (excluding diaryl/α,β-unsaturated/α-hetero) is 2. The highest BCUT2D eigenvalue weighted by atomic mass is 16.5. The maximum Gasteiger partial charge on any atom is 0.255 e. The van der Waals surface area contributed by atoms with E-state index in [9.17, 15) is 19.2 Å². The number of nitrogens with one attached hydrogen (secondary N) is 2. The van der Waals surface area contributed by atoms with Crippen LogP contribution in [0.25, 0.3) is 0 Å². The Balaban J connectivity index is 0.765. The molecule has 0 unspecified atom stereocenters. The largest absolute Gasteiger partial charge is 0.457 e. The third kappa shape index (κ3) is 11.7. The second-order valence-corrected chi connectivity index (χ2v) is 15.0. The maximum atomic E-state index is 13.0. The standard InChI is InChI=1S/C54H42N4O7/c55-41-13-25-47(26-14-41)63-45-21-1-35(2-22-45)33-51(59)37-5-9-39(10-6-37)53(61)57-43-17-29-49(30-18-43)65-50-31-19-44(20-32-50)58-54(62)40-11-7-38(8-12-40)52(60)34-36-3-23-46(24-4-36)64-48-27-15-42(56)16-28-48/h1-32H,33-34,55-56H2,(H,57,61)(H,58,62). The number of nitrogens with two attached hydrogens (primary N) is 2. The van der Waals surface area contributed by atoms with Crippen molar-refractivity contribution in [3.63, 3.8) is 0 Å². The first-order valence-corrected chi connectivity index (χ1v) is 20.6. The summed E-state index contributed by atoms with van der Waals surface area (Å²) in [6, 6.07) is 55.8. The quantitative estimate of drug-likeness (QED) is 0.0545. The number of hydrogen-bond acceptors (Lipinski definition) is 9. The summed E-state index contributed by atoms with van der Waals surface area (Å²) in [5.74, 6) is 2.92. The number of ketones is 2. The van der Waals surface area contributed by atoms with Crippen molar-refractivity contribution in [3.05, 3.63) is 228 Å². The fourth-order valence-electron chi connectivity index (χ4n) is 6.64. The van der Waals surface area contributed by atoms with Gasteiger partial charge in [0.05, 0.1) is 0 Å². The number of nitrogen functional groups attached to an aromatic ring is 2. The maximum absolute atomic E-state index is 13.0. The predicted octanol–water partition coefficient (Wildman–Crippen LogP) is 11.6. The molecular formula is C54H42N4O7. The van der Waals surface area contributed by atoms with E-state index in [2.05, 4.69) is 10.6 Å². The minimum absolute atomic E-state index is 0.0747. The van der Waals surface area contributed by atoms with E-state index in [0.29, 0.717) is 79.5 Å². The molecule has 0 bridgehead atoms. The number of amides is 2. The minimum Gasteiger partial charge on any atom is -0.457 e. The number of anilines is 4. The monoisotopic (exact) mass is 858 g/mol. The van der Waals surface area contributed by atoms with Gasteiger partial charge in [0.2, 0.25) is 0 Å². The SMILES string of the molecule is Nc1ccc(Oc2ccc(CC(=O)c3ccc(C(=O)Nc4ccc(Oc5ccc(NC(=O)c6ccc(C(=O)Cc7ccc(Oc8ccc(N)cc8)cc7)cc6)cc5)cc4)cc3)cc2)cc1. The number of benzene rings is 8. The van der Waals surface area contributed by atoms with Crippen LogP contribution in [0.2, 0.25) is 0 Å². The van der Waals surface area contributed by atoms with Crippen molar-refractivity contribution in [2.24, 2.45) is 0 Å². The molecule has 11 heteroatoms. The van der Waals surface area contributed by atoms with Crippen molar-refractivity contribution in [3.8, 4) is 34.5 Å². The van der Waals surface area contributed by atoms with Crippen molar-refractivity contribution in [1.29, 1.82) is 0 Å². The summed E-state index contributed by atoms with van der Waals surface area (Å²) in [6.07, 6.45) is 0.403. The Morgan fingerprint density at radius 1 is 0.323 bits per heavy atom. The molecule has 2 amide bonds. The van der Waals surface area contributed by atoms with Crippen LogP contribution in [0.5, 0.6) is 34.5 Å². The lowest BCUT2D eigenvalue weighted by Crippen LogP contribution is -2.12. The average Bonchev–Trinajstić information content (AvgIpc) is 3.33. The summed E-state index contributed by atoms with van der Waals surface area (Å²) in [6.45, 7) is 0. The van der Waals surface area contributed by atoms with Crippen LogP contribution in [0.1, 0.15) is 52.6 Å². The fourth-order valence-corrected chi connectivity index (χ4v) is 6.64. The topological polar surface area (TPSA) is 172 Å². The van der Waals surface area contributed by atoms with Crippen molar-refractivity contribution in [1.82, 2.24) is 0 Å². The van der Waals surface area contributed by atoms with Gasteiger partial charge in [-0.05, 0) is 157 Å². The van der Waals surface area contributed by atoms with Gasteiger partial charge >= 0.3 is 0 Å². The van der Waals surface area contributed by atoms with E-state index in [0.717, 1.165) is 11.1 Å². The third-order valence-electron chi connectivity index (χ3n) is 10.2. The van der Waals surface area contributed by atoms with Gasteiger partial charge in [0.15, 0.2) is 11.6 Å². The first-order chi connectivity index (χ1) is 31.6. The second-order valence-electron chi connectivity index (χ2n) is 15.0. The van der Waals surface area contributed by atoms with E-state index in [1.807, 2.05) is 48.5 Å². The molecule has 0 saturated heterocycles. The molecule has 0 atom stereocenters. The lowest BCUT2D eigenvalue weighted by Gasteiger charge is -2.10. The van der Waals surface area contributed by atoms with Gasteiger partial charge in [-0.1, -0.05) is 48.5 Å². The Morgan fingerprint density at radius 3 is 0.862 bits per heavy atom. The van der Waals surface area contributed by atoms with Gasteiger partial charge in [0.1, 0.15) is 34.5 Å². The van der Waals surface area contributed by atoms with Gasteiger partial charge in [0.25, 0.3) is 11.8 Å². The zero-order chi connectivity index (χ0) is 45.1. The zero-order valence-corrected chi connectivity index (χ0v) is 34.9. The van der Waals surface area contributed by atoms with E-state index in [1.54, 1.807) is 146 Å². The summed E-state index contributed by atoms with van der Waals surface area (Å²) in [5, 5.41) is 5.74. The van der Waals surface area contributed by atoms with Gasteiger partial charge in [0, 0.05) is 57.8 Å². The van der Waals surface area contributed by atoms with Crippen molar-refractivity contribution >= 4 is 46.1 Å². The van der Waals surface area contributed by atoms with Gasteiger partial charge in [-0.15, -0.1) is 0 Å². The Hall–Kier alpha value is -8.96. The first kappa shape index (κ1) is 42.7. The van der Waals surface area contributed by atoms with E-state index < -0.39 is 0 Å². The molecule has 0 radical (unpaired) electrons. The van der Waals surface area contributed by atoms with E-state index >= 15 is 0 Å². The van der Waals surface area contributed by atoms with Crippen LogP contribution in [0, 0.1) is 0 Å². The van der Waals surface area contributed by atoms with Crippen LogP contribution in [-0.4, -0.2) is 23.4 Å². The molecule has 0 aliphatic rings. The van der Waals surface area contributed by atoms with Gasteiger partial charge in [-0.2, -0.15) is 0 Å². The predicted molar refractivity (Wildman–Crippen MR) is 253 cm³/mol. The molecule has 320 valence electrons. The van der Waals surface area contributed by atoms with Crippen LogP contribution < -0.4 is 36.3 Å². The van der Waals surface area contributed by atoms with E-state index in [4.69, 9.17) is 25.7 Å². The molecule has 0 fully saturated rings. The summed E-state index contributed by atoms with van der Waals surface area (Å²) in [7, 11) is 0. The Morgan fingerprint density at radius 2 is 0.569 bits per heavy atom. The van der Waals surface area contributed by atoms with Crippen LogP contribution in [-0.2, 0) is 12.8 Å². The molecule has 8 aromatic carbocycles. The molecule has 8 rings (SSSR count). The summed E-state index contributed by atoms with van der Waals surface area (Å²) in [5.41, 5.74) is 17.4. The molecule has 0 spiro atoms. The smallest absolute Gasteiger partial charge is 0.255 e. The fraction of sp³-hybridized carbons (Fsp3) is 0.0370. The molecule has 0 aromatic heterocycles. The molecule has 0 saturated carbocycles. The van der Waals surface area contributed by atoms with Crippen molar-refractivity contribution < 1.29 is 33.4 Å². The Labute approximate surface area is 375 Å². The lowest BCUT2D eigenvalue weighted by molar-refractivity contribution is 0.0984. The minimum atomic E-state index is -0.323.